The lowest BCUT2D eigenvalue weighted by atomic mass is 9.64. The summed E-state index contributed by atoms with van der Waals surface area (Å²) in [4.78, 5) is 18.8. The maximum absolute atomic E-state index is 14.4. The molecular weight excluding hydrogens is 463 g/mol. The van der Waals surface area contributed by atoms with Crippen molar-refractivity contribution in [2.24, 2.45) is 0 Å². The summed E-state index contributed by atoms with van der Waals surface area (Å²) in [6.07, 6.45) is 3.11. The second-order valence-corrected chi connectivity index (χ2v) is 10.0. The highest BCUT2D eigenvalue weighted by Gasteiger charge is 2.45. The summed E-state index contributed by atoms with van der Waals surface area (Å²) in [5.41, 5.74) is 3.02. The number of hydrogen-bond acceptors (Lipinski definition) is 5. The van der Waals surface area contributed by atoms with Crippen LogP contribution < -0.4 is 9.64 Å². The Balaban J connectivity index is 1.40. The van der Waals surface area contributed by atoms with Crippen LogP contribution in [-0.2, 0) is 23.2 Å². The highest BCUT2D eigenvalue weighted by atomic mass is 32.1. The Morgan fingerprint density at radius 1 is 1.09 bits per heavy atom. The number of rotatable bonds is 9. The van der Waals surface area contributed by atoms with Crippen LogP contribution in [0.4, 0.5) is 9.52 Å². The van der Waals surface area contributed by atoms with Gasteiger partial charge in [-0.3, -0.25) is 4.79 Å². The number of hydrogen-bond donors (Lipinski definition) is 1. The fraction of sp³-hybridized carbons (Fsp3) is 0.286. The molecular formula is C28H27FN2O3S. The van der Waals surface area contributed by atoms with Gasteiger partial charge in [0.15, 0.2) is 5.13 Å². The summed E-state index contributed by atoms with van der Waals surface area (Å²) in [5.74, 6) is -0.183. The Morgan fingerprint density at radius 3 is 2.40 bits per heavy atom. The SMILES string of the molecule is COc1ccc(CCN(Cc2ccc(C3(C(=O)O)CCC3)cc2)c2nc3cccc(F)c3s2)cc1. The molecule has 1 aliphatic rings. The number of carbonyl (C=O) groups is 1. The third-order valence-corrected chi connectivity index (χ3v) is 8.09. The number of fused-ring (bicyclic) bond motifs is 1. The largest absolute Gasteiger partial charge is 0.497 e. The van der Waals surface area contributed by atoms with Crippen molar-refractivity contribution in [1.82, 2.24) is 4.98 Å². The molecule has 1 N–H and O–H groups in total. The van der Waals surface area contributed by atoms with Crippen molar-refractivity contribution in [2.75, 3.05) is 18.6 Å². The Kier molecular flexibility index (Phi) is 6.43. The van der Waals surface area contributed by atoms with E-state index in [0.29, 0.717) is 36.1 Å². The van der Waals surface area contributed by atoms with E-state index in [0.717, 1.165) is 34.8 Å². The molecule has 0 unspecified atom stereocenters. The Labute approximate surface area is 207 Å². The van der Waals surface area contributed by atoms with Crippen molar-refractivity contribution in [3.8, 4) is 5.75 Å². The molecule has 3 aromatic carbocycles. The molecule has 0 spiro atoms. The van der Waals surface area contributed by atoms with E-state index in [1.165, 1.54) is 23.0 Å². The number of carboxylic acid groups (broad SMARTS) is 1. The van der Waals surface area contributed by atoms with Gasteiger partial charge in [-0.05, 0) is 60.2 Å². The van der Waals surface area contributed by atoms with Crippen molar-refractivity contribution in [1.29, 1.82) is 0 Å². The van der Waals surface area contributed by atoms with Crippen LogP contribution in [0.3, 0.4) is 0 Å². The molecule has 0 radical (unpaired) electrons. The lowest BCUT2D eigenvalue weighted by Crippen LogP contribution is -2.42. The van der Waals surface area contributed by atoms with Crippen LogP contribution in [0.5, 0.6) is 5.75 Å². The van der Waals surface area contributed by atoms with Gasteiger partial charge in [0.05, 0.1) is 22.7 Å². The van der Waals surface area contributed by atoms with Crippen LogP contribution in [0, 0.1) is 5.82 Å². The Hall–Kier alpha value is -3.45. The highest BCUT2D eigenvalue weighted by molar-refractivity contribution is 7.22. The average Bonchev–Trinajstić information content (AvgIpc) is 3.28. The molecule has 0 saturated heterocycles. The second kappa shape index (κ2) is 9.66. The molecule has 1 aliphatic carbocycles. The second-order valence-electron chi connectivity index (χ2n) is 9.04. The molecule has 5 nitrogen and oxygen atoms in total. The minimum absolute atomic E-state index is 0.259. The fourth-order valence-corrected chi connectivity index (χ4v) is 5.64. The predicted molar refractivity (Wildman–Crippen MR) is 137 cm³/mol. The number of aliphatic carboxylic acids is 1. The maximum Gasteiger partial charge on any atom is 0.314 e. The molecule has 1 heterocycles. The smallest absolute Gasteiger partial charge is 0.314 e. The monoisotopic (exact) mass is 490 g/mol. The van der Waals surface area contributed by atoms with E-state index >= 15 is 0 Å². The van der Waals surface area contributed by atoms with Crippen LogP contribution in [0.15, 0.2) is 66.7 Å². The number of halogens is 1. The molecule has 1 aromatic heterocycles. The van der Waals surface area contributed by atoms with Gasteiger partial charge in [0, 0.05) is 13.1 Å². The zero-order valence-corrected chi connectivity index (χ0v) is 20.4. The molecule has 0 bridgehead atoms. The number of benzene rings is 3. The summed E-state index contributed by atoms with van der Waals surface area (Å²) in [6, 6.07) is 20.9. The molecule has 1 saturated carbocycles. The molecule has 1 fully saturated rings. The number of methoxy groups -OCH3 is 1. The van der Waals surface area contributed by atoms with Crippen LogP contribution >= 0.6 is 11.3 Å². The lowest BCUT2D eigenvalue weighted by Gasteiger charge is -2.38. The fourth-order valence-electron chi connectivity index (χ4n) is 4.64. The first-order chi connectivity index (χ1) is 17.0. The summed E-state index contributed by atoms with van der Waals surface area (Å²) in [6.45, 7) is 1.30. The zero-order valence-electron chi connectivity index (χ0n) is 19.5. The van der Waals surface area contributed by atoms with Gasteiger partial charge in [0.2, 0.25) is 0 Å². The topological polar surface area (TPSA) is 62.7 Å². The van der Waals surface area contributed by atoms with Crippen LogP contribution in [-0.4, -0.2) is 29.7 Å². The number of carboxylic acids is 1. The minimum atomic E-state index is -0.742. The van der Waals surface area contributed by atoms with E-state index in [4.69, 9.17) is 9.72 Å². The lowest BCUT2D eigenvalue weighted by molar-refractivity contribution is -0.147. The van der Waals surface area contributed by atoms with Gasteiger partial charge in [-0.15, -0.1) is 0 Å². The molecule has 7 heteroatoms. The van der Waals surface area contributed by atoms with Crippen molar-refractivity contribution >= 4 is 32.7 Å². The summed E-state index contributed by atoms with van der Waals surface area (Å²) in [7, 11) is 1.65. The quantitative estimate of drug-likeness (QED) is 0.303. The number of nitrogens with zero attached hydrogens (tertiary/aromatic N) is 2. The van der Waals surface area contributed by atoms with E-state index in [2.05, 4.69) is 4.90 Å². The molecule has 35 heavy (non-hydrogen) atoms. The third kappa shape index (κ3) is 4.60. The predicted octanol–water partition coefficient (Wildman–Crippen LogP) is 6.20. The van der Waals surface area contributed by atoms with Crippen molar-refractivity contribution < 1.29 is 19.0 Å². The van der Waals surface area contributed by atoms with E-state index < -0.39 is 11.4 Å². The van der Waals surface area contributed by atoms with E-state index in [1.807, 2.05) is 54.6 Å². The molecule has 4 aromatic rings. The molecule has 0 aliphatic heterocycles. The summed E-state index contributed by atoms with van der Waals surface area (Å²) in [5, 5.41) is 10.5. The third-order valence-electron chi connectivity index (χ3n) is 6.95. The van der Waals surface area contributed by atoms with Crippen LogP contribution in [0.2, 0.25) is 0 Å². The molecule has 180 valence electrons. The first-order valence-corrected chi connectivity index (χ1v) is 12.6. The Bertz CT molecular complexity index is 1330. The number of anilines is 1. The van der Waals surface area contributed by atoms with Gasteiger partial charge in [-0.25, -0.2) is 9.37 Å². The van der Waals surface area contributed by atoms with Gasteiger partial charge in [-0.1, -0.05) is 60.2 Å². The normalized spacial score (nSPS) is 14.5. The van der Waals surface area contributed by atoms with Crippen molar-refractivity contribution in [3.05, 3.63) is 89.2 Å². The first-order valence-electron chi connectivity index (χ1n) is 11.7. The van der Waals surface area contributed by atoms with Gasteiger partial charge in [0.25, 0.3) is 0 Å². The van der Waals surface area contributed by atoms with Crippen molar-refractivity contribution in [2.45, 2.75) is 37.6 Å². The number of thiazole rings is 1. The molecule has 5 rings (SSSR count). The standard InChI is InChI=1S/C28H27FN2O3S/c1-34-22-12-8-19(9-13-22)14-17-31(27-30-24-5-2-4-23(29)25(24)35-27)18-20-6-10-21(11-7-20)28(26(32)33)15-3-16-28/h2,4-13H,3,14-18H2,1H3,(H,32,33). The van der Waals surface area contributed by atoms with Gasteiger partial charge < -0.3 is 14.7 Å². The van der Waals surface area contributed by atoms with Crippen LogP contribution in [0.1, 0.15) is 36.0 Å². The zero-order chi connectivity index (χ0) is 24.4. The van der Waals surface area contributed by atoms with Crippen molar-refractivity contribution in [3.63, 3.8) is 0 Å². The van der Waals surface area contributed by atoms with E-state index in [1.54, 1.807) is 13.2 Å². The first kappa shape index (κ1) is 23.3. The molecule has 0 amide bonds. The molecule has 0 atom stereocenters. The van der Waals surface area contributed by atoms with E-state index in [9.17, 15) is 14.3 Å². The maximum atomic E-state index is 14.4. The van der Waals surface area contributed by atoms with Gasteiger partial charge in [0.1, 0.15) is 11.6 Å². The van der Waals surface area contributed by atoms with Crippen LogP contribution in [0.25, 0.3) is 10.2 Å². The number of ether oxygens (including phenoxy) is 1. The summed E-state index contributed by atoms with van der Waals surface area (Å²) >= 11 is 1.36. The van der Waals surface area contributed by atoms with Gasteiger partial charge in [-0.2, -0.15) is 0 Å². The van der Waals surface area contributed by atoms with E-state index in [-0.39, 0.29) is 5.82 Å². The Morgan fingerprint density at radius 2 is 1.80 bits per heavy atom. The average molecular weight is 491 g/mol. The van der Waals surface area contributed by atoms with Gasteiger partial charge >= 0.3 is 5.97 Å². The minimum Gasteiger partial charge on any atom is -0.497 e. The summed E-state index contributed by atoms with van der Waals surface area (Å²) < 4.78 is 20.2. The number of aromatic nitrogens is 1. The highest BCUT2D eigenvalue weighted by Crippen LogP contribution is 2.44.